The summed E-state index contributed by atoms with van der Waals surface area (Å²) < 4.78 is 4.67. The van der Waals surface area contributed by atoms with Gasteiger partial charge in [0.05, 0.1) is 0 Å². The topological polar surface area (TPSA) is 66.8 Å². The molecule has 2 N–H and O–H groups in total. The fourth-order valence-electron chi connectivity index (χ4n) is 4.08. The second kappa shape index (κ2) is 13.9. The van der Waals surface area contributed by atoms with Crippen LogP contribution in [-0.2, 0) is 9.53 Å². The Balaban J connectivity index is 2.21. The summed E-state index contributed by atoms with van der Waals surface area (Å²) in [7, 11) is 0. The summed E-state index contributed by atoms with van der Waals surface area (Å²) in [5, 5.41) is 19.5. The van der Waals surface area contributed by atoms with Crippen molar-refractivity contribution in [3.8, 4) is 0 Å². The Labute approximate surface area is 172 Å². The molecule has 0 aliphatic heterocycles. The molecule has 0 spiro atoms. The molecule has 0 bridgehead atoms. The number of hydrogen-bond donors (Lipinski definition) is 2. The maximum absolute atomic E-state index is 10.7. The first-order valence-corrected chi connectivity index (χ1v) is 11.2. The van der Waals surface area contributed by atoms with E-state index in [1.54, 1.807) is 0 Å². The maximum atomic E-state index is 10.7. The number of carbonyl (C=O) groups excluding carboxylic acids is 1. The van der Waals surface area contributed by atoms with Crippen LogP contribution in [0.25, 0.3) is 0 Å². The highest BCUT2D eigenvalue weighted by molar-refractivity contribution is 5.65. The summed E-state index contributed by atoms with van der Waals surface area (Å²) in [5.41, 5.74) is 0. The second-order valence-electron chi connectivity index (χ2n) is 8.62. The van der Waals surface area contributed by atoms with Crippen molar-refractivity contribution in [3.63, 3.8) is 0 Å². The largest absolute Gasteiger partial charge is 0.460 e. The molecule has 1 aliphatic carbocycles. The van der Waals surface area contributed by atoms with Crippen LogP contribution < -0.4 is 0 Å². The monoisotopic (exact) mass is 394 g/mol. The van der Waals surface area contributed by atoms with Gasteiger partial charge in [0, 0.05) is 13.3 Å². The molecule has 0 aromatic carbocycles. The van der Waals surface area contributed by atoms with E-state index in [9.17, 15) is 15.0 Å². The molecule has 0 aromatic heterocycles. The van der Waals surface area contributed by atoms with E-state index in [-0.39, 0.29) is 13.0 Å². The summed E-state index contributed by atoms with van der Waals surface area (Å²) in [5.74, 6) is -0.113. The molecule has 1 unspecified atom stereocenters. The molecule has 4 heteroatoms. The molecule has 28 heavy (non-hydrogen) atoms. The first-order valence-electron chi connectivity index (χ1n) is 11.2. The van der Waals surface area contributed by atoms with Crippen LogP contribution in [0.5, 0.6) is 0 Å². The molecule has 3 atom stereocenters. The number of hydrogen-bond acceptors (Lipinski definition) is 4. The highest BCUT2D eigenvalue weighted by Crippen LogP contribution is 2.35. The second-order valence-corrected chi connectivity index (χ2v) is 8.62. The Morgan fingerprint density at radius 2 is 1.96 bits per heavy atom. The van der Waals surface area contributed by atoms with Crippen LogP contribution in [0.3, 0.4) is 0 Å². The summed E-state index contributed by atoms with van der Waals surface area (Å²) >= 11 is 0. The van der Waals surface area contributed by atoms with Crippen LogP contribution in [0, 0.1) is 17.8 Å². The Morgan fingerprint density at radius 1 is 1.18 bits per heavy atom. The van der Waals surface area contributed by atoms with Crippen molar-refractivity contribution in [2.24, 2.45) is 17.8 Å². The van der Waals surface area contributed by atoms with Gasteiger partial charge in [-0.25, -0.2) is 0 Å². The third-order valence-corrected chi connectivity index (χ3v) is 5.77. The number of allylic oxidation sites excluding steroid dienone is 4. The number of rotatable bonds is 14. The van der Waals surface area contributed by atoms with Gasteiger partial charge in [-0.2, -0.15) is 0 Å². The zero-order valence-electron chi connectivity index (χ0n) is 18.2. The molecular weight excluding hydrogens is 352 g/mol. The van der Waals surface area contributed by atoms with Crippen molar-refractivity contribution in [1.82, 2.24) is 0 Å². The van der Waals surface area contributed by atoms with Gasteiger partial charge in [-0.15, -0.1) is 0 Å². The molecule has 1 rings (SSSR count). The number of carbonyl (C=O) groups is 1. The molecule has 4 nitrogen and oxygen atoms in total. The molecule has 1 aliphatic rings. The zero-order valence-corrected chi connectivity index (χ0v) is 18.2. The molecule has 0 aromatic rings. The minimum Gasteiger partial charge on any atom is -0.460 e. The minimum atomic E-state index is -1.92. The highest BCUT2D eigenvalue weighted by atomic mass is 16.6. The van der Waals surface area contributed by atoms with Gasteiger partial charge in [-0.05, 0) is 62.7 Å². The number of aliphatic hydroxyl groups is 2. The lowest BCUT2D eigenvalue weighted by atomic mass is 9.91. The summed E-state index contributed by atoms with van der Waals surface area (Å²) in [6, 6.07) is 0. The predicted octanol–water partition coefficient (Wildman–Crippen LogP) is 5.54. The Kier molecular flexibility index (Phi) is 12.4. The van der Waals surface area contributed by atoms with Gasteiger partial charge >= 0.3 is 5.97 Å². The average Bonchev–Trinajstić information content (AvgIpc) is 3.07. The number of ether oxygens (including phenoxy) is 1. The summed E-state index contributed by atoms with van der Waals surface area (Å²) in [4.78, 5) is 10.7. The van der Waals surface area contributed by atoms with Gasteiger partial charge < -0.3 is 14.9 Å². The normalized spacial score (nSPS) is 21.6. The average molecular weight is 395 g/mol. The van der Waals surface area contributed by atoms with E-state index in [1.807, 2.05) is 0 Å². The summed E-state index contributed by atoms with van der Waals surface area (Å²) in [6.45, 7) is 5.51. The number of unbranched alkanes of at least 4 members (excludes halogenated alkanes) is 1. The van der Waals surface area contributed by atoms with Crippen molar-refractivity contribution >= 4 is 5.97 Å². The molecule has 0 saturated heterocycles. The minimum absolute atomic E-state index is 0.204. The van der Waals surface area contributed by atoms with Gasteiger partial charge in [-0.3, -0.25) is 4.79 Å². The molecular formula is C24H42O4. The van der Waals surface area contributed by atoms with Crippen molar-refractivity contribution in [1.29, 1.82) is 0 Å². The fraction of sp³-hybridized carbons (Fsp3) is 0.792. The standard InChI is InChI=1S/C24H42O4/c1-4-12-20(2)13-8-9-15-23-17-11-16-22(23)14-7-5-6-10-18-24(26,27)19-28-21(3)25/h5,7,9,15,20,22-23,26-27H,4,6,8,10-14,16-19H2,1-3H3/t20?,22-,23-/m0/s1. The van der Waals surface area contributed by atoms with Crippen LogP contribution in [0.2, 0.25) is 0 Å². The first kappa shape index (κ1) is 24.9. The van der Waals surface area contributed by atoms with E-state index < -0.39 is 11.8 Å². The first-order chi connectivity index (χ1) is 13.3. The Morgan fingerprint density at radius 3 is 2.68 bits per heavy atom. The molecule has 162 valence electrons. The van der Waals surface area contributed by atoms with Crippen molar-refractivity contribution in [3.05, 3.63) is 24.3 Å². The summed E-state index contributed by atoms with van der Waals surface area (Å²) in [6.07, 6.45) is 21.1. The van der Waals surface area contributed by atoms with Crippen molar-refractivity contribution in [2.75, 3.05) is 6.61 Å². The van der Waals surface area contributed by atoms with Gasteiger partial charge in [-0.1, -0.05) is 57.4 Å². The highest BCUT2D eigenvalue weighted by Gasteiger charge is 2.24. The lowest BCUT2D eigenvalue weighted by molar-refractivity contribution is -0.204. The van der Waals surface area contributed by atoms with Crippen molar-refractivity contribution < 1.29 is 19.7 Å². The fourth-order valence-corrected chi connectivity index (χ4v) is 4.08. The molecule has 1 saturated carbocycles. The Hall–Kier alpha value is -1.13. The SMILES string of the molecule is CCCC(C)CCC=C[C@H]1CCC[C@@H]1CC=CCCCC(O)(O)COC(C)=O. The molecule has 1 fully saturated rings. The van der Waals surface area contributed by atoms with Crippen LogP contribution in [-0.4, -0.2) is 28.6 Å². The zero-order chi connectivity index (χ0) is 20.8. The van der Waals surface area contributed by atoms with Gasteiger partial charge in [0.1, 0.15) is 6.61 Å². The third kappa shape index (κ3) is 11.7. The van der Waals surface area contributed by atoms with Crippen LogP contribution in [0.1, 0.15) is 91.4 Å². The lowest BCUT2D eigenvalue weighted by Gasteiger charge is -2.20. The van der Waals surface area contributed by atoms with E-state index in [1.165, 1.54) is 51.9 Å². The van der Waals surface area contributed by atoms with Crippen LogP contribution in [0.15, 0.2) is 24.3 Å². The van der Waals surface area contributed by atoms with Gasteiger partial charge in [0.15, 0.2) is 5.79 Å². The van der Waals surface area contributed by atoms with E-state index in [2.05, 4.69) is 42.9 Å². The van der Waals surface area contributed by atoms with E-state index in [0.29, 0.717) is 6.42 Å². The Bertz CT molecular complexity index is 481. The van der Waals surface area contributed by atoms with Gasteiger partial charge in [0.25, 0.3) is 0 Å². The van der Waals surface area contributed by atoms with E-state index >= 15 is 0 Å². The molecule has 0 heterocycles. The van der Waals surface area contributed by atoms with E-state index in [0.717, 1.165) is 30.6 Å². The maximum Gasteiger partial charge on any atom is 0.302 e. The number of esters is 1. The molecule has 0 amide bonds. The van der Waals surface area contributed by atoms with Crippen LogP contribution in [0.4, 0.5) is 0 Å². The smallest absolute Gasteiger partial charge is 0.302 e. The lowest BCUT2D eigenvalue weighted by Crippen LogP contribution is -2.34. The molecule has 0 radical (unpaired) electrons. The third-order valence-electron chi connectivity index (χ3n) is 5.77. The van der Waals surface area contributed by atoms with E-state index in [4.69, 9.17) is 0 Å². The van der Waals surface area contributed by atoms with Crippen molar-refractivity contribution in [2.45, 2.75) is 97.2 Å². The quantitative estimate of drug-likeness (QED) is 0.176. The predicted molar refractivity (Wildman–Crippen MR) is 115 cm³/mol. The van der Waals surface area contributed by atoms with Gasteiger partial charge in [0.2, 0.25) is 0 Å². The van der Waals surface area contributed by atoms with Crippen LogP contribution >= 0.6 is 0 Å².